The van der Waals surface area contributed by atoms with E-state index in [2.05, 4.69) is 4.74 Å². The van der Waals surface area contributed by atoms with Crippen LogP contribution in [0.4, 0.5) is 0 Å². The van der Waals surface area contributed by atoms with E-state index < -0.39 is 27.2 Å². The first-order chi connectivity index (χ1) is 8.23. The fourth-order valence-corrected chi connectivity index (χ4v) is 2.53. The first kappa shape index (κ1) is 12.8. The molecule has 1 atom stereocenters. The van der Waals surface area contributed by atoms with Gasteiger partial charge in [-0.25, -0.2) is 8.42 Å². The highest BCUT2D eigenvalue weighted by Gasteiger charge is 2.46. The van der Waals surface area contributed by atoms with Gasteiger partial charge in [0.15, 0.2) is 9.84 Å². The second-order valence-electron chi connectivity index (χ2n) is 4.57. The Hall–Kier alpha value is -1.69. The average molecular weight is 268 g/mol. The van der Waals surface area contributed by atoms with Crippen LogP contribution in [0.5, 0.6) is 0 Å². The monoisotopic (exact) mass is 268 g/mol. The molecular weight excluding hydrogens is 256 g/mol. The van der Waals surface area contributed by atoms with Crippen LogP contribution in [0.2, 0.25) is 0 Å². The summed E-state index contributed by atoms with van der Waals surface area (Å²) in [4.78, 5) is 22.9. The van der Waals surface area contributed by atoms with Crippen molar-refractivity contribution in [1.29, 1.82) is 0 Å². The van der Waals surface area contributed by atoms with Crippen LogP contribution in [0.25, 0.3) is 0 Å². The Morgan fingerprint density at radius 2 is 1.72 bits per heavy atom. The molecule has 1 unspecified atom stereocenters. The second-order valence-corrected chi connectivity index (χ2v) is 6.58. The van der Waals surface area contributed by atoms with E-state index in [-0.39, 0.29) is 11.3 Å². The standard InChI is InChI=1S/C12H12O5S/c1-12(7-10(13)17-11(12)14)8-3-5-9(6-4-8)18(2,15)16/h3-6H,7H2,1-2H3. The Labute approximate surface area is 105 Å². The molecule has 5 nitrogen and oxygen atoms in total. The smallest absolute Gasteiger partial charge is 0.324 e. The summed E-state index contributed by atoms with van der Waals surface area (Å²) in [5.41, 5.74) is -0.446. The molecule has 6 heteroatoms. The third-order valence-corrected chi connectivity index (χ3v) is 4.20. The molecule has 1 saturated heterocycles. The van der Waals surface area contributed by atoms with E-state index in [9.17, 15) is 18.0 Å². The summed E-state index contributed by atoms with van der Waals surface area (Å²) in [6.45, 7) is 1.61. The molecule has 96 valence electrons. The third-order valence-electron chi connectivity index (χ3n) is 3.07. The van der Waals surface area contributed by atoms with Gasteiger partial charge in [-0.1, -0.05) is 12.1 Å². The average Bonchev–Trinajstić information content (AvgIpc) is 2.53. The van der Waals surface area contributed by atoms with E-state index in [1.54, 1.807) is 6.92 Å². The van der Waals surface area contributed by atoms with Crippen molar-refractivity contribution in [1.82, 2.24) is 0 Å². The first-order valence-electron chi connectivity index (χ1n) is 5.29. The van der Waals surface area contributed by atoms with Crippen molar-refractivity contribution in [3.63, 3.8) is 0 Å². The van der Waals surface area contributed by atoms with E-state index >= 15 is 0 Å². The Balaban J connectivity index is 2.42. The van der Waals surface area contributed by atoms with Crippen LogP contribution in [-0.4, -0.2) is 26.6 Å². The summed E-state index contributed by atoms with van der Waals surface area (Å²) >= 11 is 0. The summed E-state index contributed by atoms with van der Waals surface area (Å²) in [5.74, 6) is -1.16. The van der Waals surface area contributed by atoms with Gasteiger partial charge in [-0.2, -0.15) is 0 Å². The maximum Gasteiger partial charge on any atom is 0.324 e. The molecule has 1 aliphatic rings. The van der Waals surface area contributed by atoms with Gasteiger partial charge in [0, 0.05) is 6.26 Å². The summed E-state index contributed by atoms with van der Waals surface area (Å²) in [7, 11) is -3.27. The molecule has 1 heterocycles. The molecule has 0 spiro atoms. The van der Waals surface area contributed by atoms with Crippen LogP contribution >= 0.6 is 0 Å². The predicted octanol–water partition coefficient (Wildman–Crippen LogP) is 0.821. The number of ether oxygens (including phenoxy) is 1. The minimum Gasteiger partial charge on any atom is -0.392 e. The fourth-order valence-electron chi connectivity index (χ4n) is 1.90. The van der Waals surface area contributed by atoms with E-state index in [1.165, 1.54) is 24.3 Å². The minimum atomic E-state index is -3.27. The van der Waals surface area contributed by atoms with Crippen LogP contribution in [-0.2, 0) is 29.6 Å². The molecule has 1 aliphatic heterocycles. The molecule has 0 bridgehead atoms. The Morgan fingerprint density at radius 3 is 2.11 bits per heavy atom. The molecule has 0 amide bonds. The highest BCUT2D eigenvalue weighted by atomic mass is 32.2. The van der Waals surface area contributed by atoms with Gasteiger partial charge in [0.25, 0.3) is 0 Å². The lowest BCUT2D eigenvalue weighted by Crippen LogP contribution is -2.27. The molecule has 0 aromatic heterocycles. The molecule has 0 aliphatic carbocycles. The lowest BCUT2D eigenvalue weighted by molar-refractivity contribution is -0.153. The molecule has 1 aromatic rings. The van der Waals surface area contributed by atoms with Gasteiger partial charge in [0.2, 0.25) is 0 Å². The zero-order valence-corrected chi connectivity index (χ0v) is 10.8. The highest BCUT2D eigenvalue weighted by Crippen LogP contribution is 2.34. The van der Waals surface area contributed by atoms with Crippen molar-refractivity contribution in [2.75, 3.05) is 6.26 Å². The van der Waals surface area contributed by atoms with Crippen LogP contribution in [0, 0.1) is 0 Å². The highest BCUT2D eigenvalue weighted by molar-refractivity contribution is 7.90. The van der Waals surface area contributed by atoms with E-state index in [4.69, 9.17) is 0 Å². The minimum absolute atomic E-state index is 0.0238. The Kier molecular flexibility index (Phi) is 2.77. The van der Waals surface area contributed by atoms with Gasteiger partial charge in [0.05, 0.1) is 11.3 Å². The quantitative estimate of drug-likeness (QED) is 0.586. The summed E-state index contributed by atoms with van der Waals surface area (Å²) in [6.07, 6.45) is 1.08. The van der Waals surface area contributed by atoms with Gasteiger partial charge in [-0.3, -0.25) is 9.59 Å². The first-order valence-corrected chi connectivity index (χ1v) is 7.18. The summed E-state index contributed by atoms with van der Waals surface area (Å²) < 4.78 is 27.2. The van der Waals surface area contributed by atoms with Crippen molar-refractivity contribution in [3.8, 4) is 0 Å². The maximum absolute atomic E-state index is 11.6. The van der Waals surface area contributed by atoms with E-state index in [0.29, 0.717) is 5.56 Å². The van der Waals surface area contributed by atoms with Crippen LogP contribution in [0.1, 0.15) is 18.9 Å². The van der Waals surface area contributed by atoms with Crippen LogP contribution in [0.3, 0.4) is 0 Å². The van der Waals surface area contributed by atoms with E-state index in [0.717, 1.165) is 6.26 Å². The molecule has 0 N–H and O–H groups in total. The number of carbonyl (C=O) groups is 2. The zero-order valence-electron chi connectivity index (χ0n) is 9.97. The lowest BCUT2D eigenvalue weighted by Gasteiger charge is -2.18. The number of hydrogen-bond donors (Lipinski definition) is 0. The predicted molar refractivity (Wildman–Crippen MR) is 62.6 cm³/mol. The lowest BCUT2D eigenvalue weighted by atomic mass is 9.81. The summed E-state index contributed by atoms with van der Waals surface area (Å²) in [6, 6.07) is 5.92. The van der Waals surface area contributed by atoms with Crippen molar-refractivity contribution < 1.29 is 22.7 Å². The van der Waals surface area contributed by atoms with Crippen molar-refractivity contribution >= 4 is 21.8 Å². The molecular formula is C12H12O5S. The molecule has 1 aromatic carbocycles. The van der Waals surface area contributed by atoms with Gasteiger partial charge < -0.3 is 4.74 Å². The number of cyclic esters (lactones) is 2. The van der Waals surface area contributed by atoms with Crippen LogP contribution < -0.4 is 0 Å². The van der Waals surface area contributed by atoms with Gasteiger partial charge in [-0.05, 0) is 24.6 Å². The number of benzene rings is 1. The van der Waals surface area contributed by atoms with Gasteiger partial charge in [-0.15, -0.1) is 0 Å². The van der Waals surface area contributed by atoms with Gasteiger partial charge >= 0.3 is 11.9 Å². The molecule has 0 saturated carbocycles. The number of esters is 2. The normalized spacial score (nSPS) is 24.1. The second kappa shape index (κ2) is 3.91. The Bertz CT molecular complexity index is 614. The molecule has 18 heavy (non-hydrogen) atoms. The zero-order chi connectivity index (χ0) is 13.6. The topological polar surface area (TPSA) is 77.5 Å². The fraction of sp³-hybridized carbons (Fsp3) is 0.333. The van der Waals surface area contributed by atoms with Crippen molar-refractivity contribution in [3.05, 3.63) is 29.8 Å². The SMILES string of the molecule is CC1(c2ccc(S(C)(=O)=O)cc2)CC(=O)OC1=O. The molecule has 1 fully saturated rings. The van der Waals surface area contributed by atoms with Crippen molar-refractivity contribution in [2.24, 2.45) is 0 Å². The number of sulfone groups is 1. The number of carbonyl (C=O) groups excluding carboxylic acids is 2. The molecule has 2 rings (SSSR count). The van der Waals surface area contributed by atoms with Gasteiger partial charge in [0.1, 0.15) is 5.41 Å². The number of hydrogen-bond acceptors (Lipinski definition) is 5. The third kappa shape index (κ3) is 2.03. The van der Waals surface area contributed by atoms with E-state index in [1.807, 2.05) is 0 Å². The summed E-state index contributed by atoms with van der Waals surface area (Å²) in [5, 5.41) is 0. The maximum atomic E-state index is 11.6. The largest absolute Gasteiger partial charge is 0.392 e. The van der Waals surface area contributed by atoms with Crippen molar-refractivity contribution in [2.45, 2.75) is 23.7 Å². The number of rotatable bonds is 2. The Morgan fingerprint density at radius 1 is 1.17 bits per heavy atom. The molecule has 0 radical (unpaired) electrons. The van der Waals surface area contributed by atoms with Crippen LogP contribution in [0.15, 0.2) is 29.2 Å².